The van der Waals surface area contributed by atoms with E-state index in [0.29, 0.717) is 25.1 Å². The van der Waals surface area contributed by atoms with Gasteiger partial charge < -0.3 is 9.88 Å². The van der Waals surface area contributed by atoms with E-state index in [4.69, 9.17) is 5.26 Å². The number of hydrogen-bond donors (Lipinski definition) is 1. The summed E-state index contributed by atoms with van der Waals surface area (Å²) in [6.45, 7) is 0.517. The van der Waals surface area contributed by atoms with Crippen LogP contribution in [0.25, 0.3) is 0 Å². The lowest BCUT2D eigenvalue weighted by Gasteiger charge is -1.99. The molecule has 0 atom stereocenters. The first-order valence-corrected chi connectivity index (χ1v) is 4.37. The Morgan fingerprint density at radius 3 is 3.14 bits per heavy atom. The lowest BCUT2D eigenvalue weighted by Crippen LogP contribution is -2.24. The summed E-state index contributed by atoms with van der Waals surface area (Å²) in [5, 5.41) is 11.0. The van der Waals surface area contributed by atoms with Crippen molar-refractivity contribution in [3.63, 3.8) is 0 Å². The highest BCUT2D eigenvalue weighted by molar-refractivity contribution is 5.91. The fourth-order valence-electron chi connectivity index (χ4n) is 0.990. The molecule has 1 N–H and O–H groups in total. The lowest BCUT2D eigenvalue weighted by molar-refractivity contribution is 0.0949. The van der Waals surface area contributed by atoms with Crippen LogP contribution in [0.3, 0.4) is 0 Å². The Bertz CT molecular complexity index is 350. The van der Waals surface area contributed by atoms with Gasteiger partial charge in [-0.1, -0.05) is 0 Å². The zero-order chi connectivity index (χ0) is 10.4. The Kier molecular flexibility index (Phi) is 3.68. The second kappa shape index (κ2) is 5.02. The van der Waals surface area contributed by atoms with Crippen molar-refractivity contribution in [1.82, 2.24) is 14.9 Å². The molecule has 74 valence electrons. The summed E-state index contributed by atoms with van der Waals surface area (Å²) in [4.78, 5) is 15.3. The number of aromatic nitrogens is 2. The van der Waals surface area contributed by atoms with Crippen molar-refractivity contribution in [3.8, 4) is 6.07 Å². The molecular formula is C9H12N4O. The van der Waals surface area contributed by atoms with Gasteiger partial charge in [-0.2, -0.15) is 5.26 Å². The van der Waals surface area contributed by atoms with E-state index in [1.165, 1.54) is 0 Å². The van der Waals surface area contributed by atoms with Crippen molar-refractivity contribution in [2.75, 3.05) is 6.54 Å². The molecule has 1 aromatic rings. The maximum Gasteiger partial charge on any atom is 0.271 e. The van der Waals surface area contributed by atoms with Crippen LogP contribution in [-0.2, 0) is 7.05 Å². The second-order valence-corrected chi connectivity index (χ2v) is 2.94. The minimum atomic E-state index is -0.191. The smallest absolute Gasteiger partial charge is 0.271 e. The number of carbonyl (C=O) groups is 1. The SMILES string of the molecule is Cn1cnc(C(=O)NCCCC#N)c1. The Morgan fingerprint density at radius 1 is 1.79 bits per heavy atom. The standard InChI is InChI=1S/C9H12N4O/c1-13-6-8(12-7-13)9(14)11-5-3-2-4-10/h6-7H,2-3,5H2,1H3,(H,11,14). The number of rotatable bonds is 4. The maximum absolute atomic E-state index is 11.4. The van der Waals surface area contributed by atoms with Gasteiger partial charge in [0, 0.05) is 26.2 Å². The van der Waals surface area contributed by atoms with Gasteiger partial charge in [0.15, 0.2) is 0 Å². The molecule has 0 radical (unpaired) electrons. The molecule has 14 heavy (non-hydrogen) atoms. The lowest BCUT2D eigenvalue weighted by atomic mass is 10.3. The summed E-state index contributed by atoms with van der Waals surface area (Å²) in [5.74, 6) is -0.191. The average molecular weight is 192 g/mol. The van der Waals surface area contributed by atoms with Crippen molar-refractivity contribution >= 4 is 5.91 Å². The summed E-state index contributed by atoms with van der Waals surface area (Å²) in [5.41, 5.74) is 0.407. The highest BCUT2D eigenvalue weighted by Crippen LogP contribution is 1.93. The molecule has 0 saturated heterocycles. The topological polar surface area (TPSA) is 70.7 Å². The van der Waals surface area contributed by atoms with Crippen molar-refractivity contribution in [3.05, 3.63) is 18.2 Å². The number of nitriles is 1. The van der Waals surface area contributed by atoms with Crippen LogP contribution in [0, 0.1) is 11.3 Å². The summed E-state index contributed by atoms with van der Waals surface area (Å²) in [7, 11) is 1.81. The molecule has 0 aliphatic rings. The van der Waals surface area contributed by atoms with Crippen molar-refractivity contribution in [1.29, 1.82) is 5.26 Å². The number of nitrogens with zero attached hydrogens (tertiary/aromatic N) is 3. The molecule has 0 aliphatic carbocycles. The van der Waals surface area contributed by atoms with Crippen LogP contribution in [0.15, 0.2) is 12.5 Å². The van der Waals surface area contributed by atoms with E-state index in [1.807, 2.05) is 6.07 Å². The van der Waals surface area contributed by atoms with Crippen LogP contribution in [-0.4, -0.2) is 22.0 Å². The third-order valence-corrected chi connectivity index (χ3v) is 1.69. The largest absolute Gasteiger partial charge is 0.351 e. The van der Waals surface area contributed by atoms with Crippen LogP contribution >= 0.6 is 0 Å². The van der Waals surface area contributed by atoms with E-state index < -0.39 is 0 Å². The third-order valence-electron chi connectivity index (χ3n) is 1.69. The van der Waals surface area contributed by atoms with Gasteiger partial charge in [-0.05, 0) is 6.42 Å². The number of aryl methyl sites for hydroxylation is 1. The Balaban J connectivity index is 2.33. The molecule has 1 heterocycles. The fraction of sp³-hybridized carbons (Fsp3) is 0.444. The molecule has 1 rings (SSSR count). The number of nitrogens with one attached hydrogen (secondary N) is 1. The second-order valence-electron chi connectivity index (χ2n) is 2.94. The zero-order valence-corrected chi connectivity index (χ0v) is 8.03. The molecule has 1 amide bonds. The molecule has 0 spiro atoms. The van der Waals surface area contributed by atoms with Crippen molar-refractivity contribution < 1.29 is 4.79 Å². The molecule has 5 nitrogen and oxygen atoms in total. The molecule has 0 fully saturated rings. The predicted octanol–water partition coefficient (Wildman–Crippen LogP) is 0.454. The molecule has 0 aromatic carbocycles. The van der Waals surface area contributed by atoms with Gasteiger partial charge in [-0.15, -0.1) is 0 Å². The Labute approximate surface area is 82.4 Å². The Morgan fingerprint density at radius 2 is 2.57 bits per heavy atom. The molecule has 1 aromatic heterocycles. The summed E-state index contributed by atoms with van der Waals surface area (Å²) >= 11 is 0. The first-order valence-electron chi connectivity index (χ1n) is 4.37. The van der Waals surface area contributed by atoms with Crippen LogP contribution in [0.2, 0.25) is 0 Å². The quantitative estimate of drug-likeness (QED) is 0.704. The fourth-order valence-corrected chi connectivity index (χ4v) is 0.990. The Hall–Kier alpha value is -1.83. The third kappa shape index (κ3) is 2.90. The zero-order valence-electron chi connectivity index (χ0n) is 8.03. The molecule has 0 bridgehead atoms. The normalized spacial score (nSPS) is 9.43. The van der Waals surface area contributed by atoms with E-state index in [2.05, 4.69) is 10.3 Å². The van der Waals surface area contributed by atoms with Gasteiger partial charge in [-0.25, -0.2) is 4.98 Å². The summed E-state index contributed by atoms with van der Waals surface area (Å²) in [6.07, 6.45) is 4.36. The first kappa shape index (κ1) is 10.3. The summed E-state index contributed by atoms with van der Waals surface area (Å²) in [6, 6.07) is 2.01. The number of imidazole rings is 1. The van der Waals surface area contributed by atoms with Gasteiger partial charge in [0.1, 0.15) is 5.69 Å². The summed E-state index contributed by atoms with van der Waals surface area (Å²) < 4.78 is 1.71. The highest BCUT2D eigenvalue weighted by atomic mass is 16.1. The van der Waals surface area contributed by atoms with Crippen LogP contribution in [0.5, 0.6) is 0 Å². The van der Waals surface area contributed by atoms with Crippen LogP contribution < -0.4 is 5.32 Å². The van der Waals surface area contributed by atoms with E-state index >= 15 is 0 Å². The molecular weight excluding hydrogens is 180 g/mol. The van der Waals surface area contributed by atoms with E-state index in [9.17, 15) is 4.79 Å². The number of amides is 1. The number of carbonyl (C=O) groups excluding carboxylic acids is 1. The molecule has 5 heteroatoms. The van der Waals surface area contributed by atoms with E-state index in [0.717, 1.165) is 0 Å². The monoisotopic (exact) mass is 192 g/mol. The van der Waals surface area contributed by atoms with Crippen molar-refractivity contribution in [2.24, 2.45) is 7.05 Å². The molecule has 0 saturated carbocycles. The number of hydrogen-bond acceptors (Lipinski definition) is 3. The minimum absolute atomic E-state index is 0.191. The minimum Gasteiger partial charge on any atom is -0.351 e. The van der Waals surface area contributed by atoms with Crippen molar-refractivity contribution in [2.45, 2.75) is 12.8 Å². The first-order chi connectivity index (χ1) is 6.74. The van der Waals surface area contributed by atoms with Crippen LogP contribution in [0.4, 0.5) is 0 Å². The molecule has 0 aliphatic heterocycles. The van der Waals surface area contributed by atoms with Gasteiger partial charge in [0.2, 0.25) is 0 Å². The molecule has 0 unspecified atom stereocenters. The van der Waals surface area contributed by atoms with Gasteiger partial charge in [0.25, 0.3) is 5.91 Å². The predicted molar refractivity (Wildman–Crippen MR) is 50.4 cm³/mol. The van der Waals surface area contributed by atoms with E-state index in [1.54, 1.807) is 24.1 Å². The maximum atomic E-state index is 11.4. The van der Waals surface area contributed by atoms with E-state index in [-0.39, 0.29) is 5.91 Å². The average Bonchev–Trinajstić information content (AvgIpc) is 2.59. The van der Waals surface area contributed by atoms with Gasteiger partial charge in [-0.3, -0.25) is 4.79 Å². The number of unbranched alkanes of at least 4 members (excludes halogenated alkanes) is 1. The highest BCUT2D eigenvalue weighted by Gasteiger charge is 2.06. The van der Waals surface area contributed by atoms with Gasteiger partial charge in [0.05, 0.1) is 12.4 Å². The van der Waals surface area contributed by atoms with Gasteiger partial charge >= 0.3 is 0 Å². The van der Waals surface area contributed by atoms with Crippen LogP contribution in [0.1, 0.15) is 23.3 Å².